The van der Waals surface area contributed by atoms with Crippen LogP contribution in [-0.4, -0.2) is 47.7 Å². The van der Waals surface area contributed by atoms with Gasteiger partial charge >= 0.3 is 5.97 Å². The number of aliphatic hydroxyl groups is 2. The number of ether oxygens (including phenoxy) is 2. The van der Waals surface area contributed by atoms with Crippen LogP contribution < -0.4 is 0 Å². The van der Waals surface area contributed by atoms with Crippen LogP contribution in [0.2, 0.25) is 0 Å². The van der Waals surface area contributed by atoms with Crippen molar-refractivity contribution in [1.29, 1.82) is 0 Å². The maximum absolute atomic E-state index is 13.5. The summed E-state index contributed by atoms with van der Waals surface area (Å²) in [6.45, 7) is -1.16. The minimum atomic E-state index is -3.44. The van der Waals surface area contributed by atoms with E-state index in [2.05, 4.69) is 4.74 Å². The Hall–Kier alpha value is -1.57. The molecule has 0 radical (unpaired) electrons. The molecule has 1 rings (SSSR count). The zero-order valence-electron chi connectivity index (χ0n) is 10.8. The second-order valence-corrected chi connectivity index (χ2v) is 4.17. The summed E-state index contributed by atoms with van der Waals surface area (Å²) in [6, 6.07) is 7.60. The van der Waals surface area contributed by atoms with Gasteiger partial charge in [-0.2, -0.15) is 0 Å². The lowest BCUT2D eigenvalue weighted by molar-refractivity contribution is -0.186. The Bertz CT molecular complexity index is 419. The molecule has 0 aliphatic heterocycles. The molecule has 0 saturated carbocycles. The van der Waals surface area contributed by atoms with Crippen LogP contribution in [0.1, 0.15) is 17.3 Å². The average Bonchev–Trinajstić information content (AvgIpc) is 2.42. The second kappa shape index (κ2) is 7.28. The molecule has 0 saturated heterocycles. The summed E-state index contributed by atoms with van der Waals surface area (Å²) >= 11 is 0. The van der Waals surface area contributed by atoms with Crippen molar-refractivity contribution in [2.45, 2.75) is 25.1 Å². The van der Waals surface area contributed by atoms with E-state index >= 15 is 0 Å². The van der Waals surface area contributed by atoms with Crippen LogP contribution in [0.4, 0.5) is 8.78 Å². The first-order chi connectivity index (χ1) is 9.40. The summed E-state index contributed by atoms with van der Waals surface area (Å²) in [5, 5.41) is 17.6. The SMILES string of the molecule is CC(F)(F)C(OC(=O)c1ccccc1)[C@@H](CO)OCO. The standard InChI is InChI=1S/C13H16F2O5/c1-13(14,15)11(10(7-16)19-8-17)20-12(18)9-5-3-2-4-6-9/h2-6,10-11,16-17H,7-8H2,1H3/t10-,11?/m1/s1. The molecule has 7 heteroatoms. The number of benzene rings is 1. The van der Waals surface area contributed by atoms with E-state index in [1.807, 2.05) is 0 Å². The summed E-state index contributed by atoms with van der Waals surface area (Å²) in [5.41, 5.74) is 0.0995. The molecule has 1 unspecified atom stereocenters. The molecule has 0 amide bonds. The van der Waals surface area contributed by atoms with Gasteiger partial charge in [0.15, 0.2) is 6.10 Å². The predicted molar refractivity (Wildman–Crippen MR) is 65.3 cm³/mol. The maximum atomic E-state index is 13.5. The van der Waals surface area contributed by atoms with Gasteiger partial charge in [-0.15, -0.1) is 0 Å². The summed E-state index contributed by atoms with van der Waals surface area (Å²) < 4.78 is 36.2. The molecule has 0 spiro atoms. The van der Waals surface area contributed by atoms with E-state index in [-0.39, 0.29) is 5.56 Å². The topological polar surface area (TPSA) is 76.0 Å². The third-order valence-corrected chi connectivity index (χ3v) is 2.55. The first kappa shape index (κ1) is 16.5. The number of hydrogen-bond donors (Lipinski definition) is 2. The van der Waals surface area contributed by atoms with Crippen LogP contribution >= 0.6 is 0 Å². The van der Waals surface area contributed by atoms with Gasteiger partial charge < -0.3 is 19.7 Å². The number of alkyl halides is 2. The van der Waals surface area contributed by atoms with E-state index in [4.69, 9.17) is 14.9 Å². The number of esters is 1. The highest BCUT2D eigenvalue weighted by Crippen LogP contribution is 2.25. The molecule has 2 atom stereocenters. The number of halogens is 2. The zero-order valence-corrected chi connectivity index (χ0v) is 10.8. The van der Waals surface area contributed by atoms with Gasteiger partial charge in [0.05, 0.1) is 12.2 Å². The molecule has 0 fully saturated rings. The highest BCUT2D eigenvalue weighted by molar-refractivity contribution is 5.89. The van der Waals surface area contributed by atoms with E-state index in [1.165, 1.54) is 12.1 Å². The van der Waals surface area contributed by atoms with Gasteiger partial charge in [-0.3, -0.25) is 0 Å². The third-order valence-electron chi connectivity index (χ3n) is 2.55. The normalized spacial score (nSPS) is 14.7. The van der Waals surface area contributed by atoms with Crippen molar-refractivity contribution in [2.24, 2.45) is 0 Å². The third kappa shape index (κ3) is 4.52. The Morgan fingerprint density at radius 1 is 1.30 bits per heavy atom. The van der Waals surface area contributed by atoms with E-state index < -0.39 is 37.5 Å². The van der Waals surface area contributed by atoms with E-state index in [9.17, 15) is 13.6 Å². The van der Waals surface area contributed by atoms with Crippen molar-refractivity contribution in [3.05, 3.63) is 35.9 Å². The molecule has 0 aromatic heterocycles. The Morgan fingerprint density at radius 3 is 2.35 bits per heavy atom. The number of hydrogen-bond acceptors (Lipinski definition) is 5. The van der Waals surface area contributed by atoms with Gasteiger partial charge in [0, 0.05) is 6.92 Å². The van der Waals surface area contributed by atoms with Crippen LogP contribution in [0.5, 0.6) is 0 Å². The fourth-order valence-electron chi connectivity index (χ4n) is 1.59. The van der Waals surface area contributed by atoms with Crippen LogP contribution in [0, 0.1) is 0 Å². The van der Waals surface area contributed by atoms with Crippen molar-refractivity contribution < 1.29 is 33.3 Å². The highest BCUT2D eigenvalue weighted by atomic mass is 19.3. The van der Waals surface area contributed by atoms with Gasteiger partial charge in [-0.25, -0.2) is 13.6 Å². The Labute approximate surface area is 114 Å². The minimum Gasteiger partial charge on any atom is -0.449 e. The number of rotatable bonds is 7. The molecule has 20 heavy (non-hydrogen) atoms. The fraction of sp³-hybridized carbons (Fsp3) is 0.462. The predicted octanol–water partition coefficient (Wildman–Crippen LogP) is 1.19. The largest absolute Gasteiger partial charge is 0.449 e. The van der Waals surface area contributed by atoms with Crippen LogP contribution in [0.15, 0.2) is 30.3 Å². The van der Waals surface area contributed by atoms with Gasteiger partial charge in [-0.05, 0) is 12.1 Å². The summed E-state index contributed by atoms with van der Waals surface area (Å²) in [7, 11) is 0. The maximum Gasteiger partial charge on any atom is 0.338 e. The molecule has 112 valence electrons. The molecule has 5 nitrogen and oxygen atoms in total. The molecule has 0 heterocycles. The highest BCUT2D eigenvalue weighted by Gasteiger charge is 2.44. The summed E-state index contributed by atoms with van der Waals surface area (Å²) in [5.74, 6) is -4.40. The van der Waals surface area contributed by atoms with Gasteiger partial charge in [0.1, 0.15) is 12.9 Å². The van der Waals surface area contributed by atoms with Crippen LogP contribution in [0.25, 0.3) is 0 Å². The first-order valence-electron chi connectivity index (χ1n) is 5.87. The smallest absolute Gasteiger partial charge is 0.338 e. The number of aliphatic hydroxyl groups excluding tert-OH is 2. The Balaban J connectivity index is 2.88. The van der Waals surface area contributed by atoms with Crippen molar-refractivity contribution in [1.82, 2.24) is 0 Å². The average molecular weight is 290 g/mol. The monoisotopic (exact) mass is 290 g/mol. The minimum absolute atomic E-state index is 0.0995. The van der Waals surface area contributed by atoms with Crippen molar-refractivity contribution >= 4 is 5.97 Å². The lowest BCUT2D eigenvalue weighted by atomic mass is 10.1. The Morgan fingerprint density at radius 2 is 1.90 bits per heavy atom. The molecule has 2 N–H and O–H groups in total. The molecular formula is C13H16F2O5. The molecule has 0 aliphatic carbocycles. The molecule has 0 aliphatic rings. The molecule has 1 aromatic rings. The quantitative estimate of drug-likeness (QED) is 0.583. The molecule has 0 bridgehead atoms. The van der Waals surface area contributed by atoms with Crippen LogP contribution in [-0.2, 0) is 9.47 Å². The van der Waals surface area contributed by atoms with E-state index in [0.717, 1.165) is 0 Å². The Kier molecular flexibility index (Phi) is 6.00. The van der Waals surface area contributed by atoms with Crippen LogP contribution in [0.3, 0.4) is 0 Å². The lowest BCUT2D eigenvalue weighted by Crippen LogP contribution is -2.47. The molecular weight excluding hydrogens is 274 g/mol. The van der Waals surface area contributed by atoms with Crippen molar-refractivity contribution in [2.75, 3.05) is 13.4 Å². The second-order valence-electron chi connectivity index (χ2n) is 4.17. The van der Waals surface area contributed by atoms with Crippen molar-refractivity contribution in [3.63, 3.8) is 0 Å². The summed E-state index contributed by atoms with van der Waals surface area (Å²) in [6.07, 6.45) is -3.53. The molecule has 1 aromatic carbocycles. The number of carbonyl (C=O) groups is 1. The van der Waals surface area contributed by atoms with Gasteiger partial charge in [0.25, 0.3) is 5.92 Å². The van der Waals surface area contributed by atoms with E-state index in [1.54, 1.807) is 18.2 Å². The van der Waals surface area contributed by atoms with Crippen molar-refractivity contribution in [3.8, 4) is 0 Å². The lowest BCUT2D eigenvalue weighted by Gasteiger charge is -2.29. The zero-order chi connectivity index (χ0) is 15.2. The van der Waals surface area contributed by atoms with E-state index in [0.29, 0.717) is 6.92 Å². The van der Waals surface area contributed by atoms with Gasteiger partial charge in [0.2, 0.25) is 0 Å². The fourth-order valence-corrected chi connectivity index (χ4v) is 1.59. The first-order valence-corrected chi connectivity index (χ1v) is 5.87. The van der Waals surface area contributed by atoms with Gasteiger partial charge in [-0.1, -0.05) is 18.2 Å². The number of carbonyl (C=O) groups excluding carboxylic acids is 1. The summed E-state index contributed by atoms with van der Waals surface area (Å²) in [4.78, 5) is 11.8.